The zero-order chi connectivity index (χ0) is 21.8. The fourth-order valence-corrected chi connectivity index (χ4v) is 2.89. The molecule has 0 saturated carbocycles. The Morgan fingerprint density at radius 1 is 0.967 bits per heavy atom. The van der Waals surface area contributed by atoms with E-state index in [2.05, 4.69) is 29.4 Å². The highest BCUT2D eigenvalue weighted by atomic mass is 16.6. The van der Waals surface area contributed by atoms with Crippen LogP contribution in [0.3, 0.4) is 0 Å². The lowest BCUT2D eigenvalue weighted by Crippen LogP contribution is -2.23. The molecule has 0 atom stereocenters. The Morgan fingerprint density at radius 3 is 2.30 bits per heavy atom. The van der Waals surface area contributed by atoms with E-state index in [1.165, 1.54) is 7.11 Å². The number of methoxy groups -OCH3 is 1. The summed E-state index contributed by atoms with van der Waals surface area (Å²) in [5.41, 5.74) is 2.79. The third kappa shape index (κ3) is 7.40. The van der Waals surface area contributed by atoms with E-state index >= 15 is 0 Å². The van der Waals surface area contributed by atoms with Crippen LogP contribution in [0.4, 0.5) is 21.9 Å². The maximum absolute atomic E-state index is 12.6. The third-order valence-corrected chi connectivity index (χ3v) is 4.55. The van der Waals surface area contributed by atoms with Crippen molar-refractivity contribution < 1.29 is 19.1 Å². The number of unbranched alkanes of at least 4 members (excludes halogenated alkanes) is 1. The van der Waals surface area contributed by atoms with Crippen molar-refractivity contribution in [3.63, 3.8) is 0 Å². The van der Waals surface area contributed by atoms with Crippen molar-refractivity contribution >= 4 is 29.1 Å². The van der Waals surface area contributed by atoms with Gasteiger partial charge in [-0.1, -0.05) is 19.4 Å². The van der Waals surface area contributed by atoms with E-state index < -0.39 is 6.09 Å². The van der Waals surface area contributed by atoms with Gasteiger partial charge in [-0.05, 0) is 55.8 Å². The summed E-state index contributed by atoms with van der Waals surface area (Å²) in [6, 6.07) is 14.5. The Hall–Kier alpha value is -3.06. The number of nitrogens with zero attached hydrogens (tertiary/aromatic N) is 1. The van der Waals surface area contributed by atoms with E-state index in [1.54, 1.807) is 24.3 Å². The molecule has 0 aliphatic carbocycles. The first-order valence-corrected chi connectivity index (χ1v) is 10.3. The first-order valence-electron chi connectivity index (χ1n) is 10.3. The Bertz CT molecular complexity index is 808. The lowest BCUT2D eigenvalue weighted by molar-refractivity contribution is 0.102. The van der Waals surface area contributed by atoms with E-state index in [0.717, 1.165) is 31.6 Å². The maximum atomic E-state index is 12.6. The molecular formula is C23H31N3O4. The van der Waals surface area contributed by atoms with Crippen molar-refractivity contribution in [2.45, 2.75) is 26.7 Å². The average molecular weight is 414 g/mol. The molecule has 2 aromatic carbocycles. The molecule has 2 rings (SSSR count). The standard InChI is InChI=1S/C23H31N3O4/c1-4-6-14-26(5-2)21-12-10-18(11-13-21)22(27)24-19-8-7-9-20(17-19)25-23(28)30-16-15-29-3/h7-13,17H,4-6,14-16H2,1-3H3,(H,24,27)(H,25,28). The van der Waals surface area contributed by atoms with Gasteiger partial charge in [0.2, 0.25) is 0 Å². The SMILES string of the molecule is CCCCN(CC)c1ccc(C(=O)Nc2cccc(NC(=O)OCCOC)c2)cc1. The van der Waals surface area contributed by atoms with Gasteiger partial charge in [0.25, 0.3) is 5.91 Å². The number of hydrogen-bond donors (Lipinski definition) is 2. The van der Waals surface area contributed by atoms with Crippen molar-refractivity contribution in [2.75, 3.05) is 48.9 Å². The van der Waals surface area contributed by atoms with Crippen molar-refractivity contribution in [3.8, 4) is 0 Å². The van der Waals surface area contributed by atoms with Crippen LogP contribution in [0, 0.1) is 0 Å². The van der Waals surface area contributed by atoms with E-state index in [9.17, 15) is 9.59 Å². The Labute approximate surface area is 178 Å². The monoisotopic (exact) mass is 413 g/mol. The second kappa shape index (κ2) is 12.5. The minimum Gasteiger partial charge on any atom is -0.447 e. The summed E-state index contributed by atoms with van der Waals surface area (Å²) in [5, 5.41) is 5.48. The largest absolute Gasteiger partial charge is 0.447 e. The number of anilines is 3. The summed E-state index contributed by atoms with van der Waals surface area (Å²) in [6.07, 6.45) is 1.71. The van der Waals surface area contributed by atoms with Gasteiger partial charge in [-0.3, -0.25) is 10.1 Å². The number of hydrogen-bond acceptors (Lipinski definition) is 5. The normalized spacial score (nSPS) is 10.4. The van der Waals surface area contributed by atoms with E-state index in [1.807, 2.05) is 24.3 Å². The molecule has 2 amide bonds. The van der Waals surface area contributed by atoms with E-state index in [-0.39, 0.29) is 12.5 Å². The number of carbonyl (C=O) groups excluding carboxylic acids is 2. The van der Waals surface area contributed by atoms with Crippen LogP contribution >= 0.6 is 0 Å². The molecule has 0 spiro atoms. The van der Waals surface area contributed by atoms with Crippen molar-refractivity contribution in [3.05, 3.63) is 54.1 Å². The highest BCUT2D eigenvalue weighted by Gasteiger charge is 2.10. The van der Waals surface area contributed by atoms with Gasteiger partial charge in [0.05, 0.1) is 6.61 Å². The second-order valence-corrected chi connectivity index (χ2v) is 6.77. The topological polar surface area (TPSA) is 79.9 Å². The highest BCUT2D eigenvalue weighted by Crippen LogP contribution is 2.19. The molecule has 0 aliphatic rings. The van der Waals surface area contributed by atoms with Crippen LogP contribution in [0.1, 0.15) is 37.0 Å². The Morgan fingerprint density at radius 2 is 1.67 bits per heavy atom. The molecule has 0 aliphatic heterocycles. The average Bonchev–Trinajstić information content (AvgIpc) is 2.75. The van der Waals surface area contributed by atoms with Crippen LogP contribution in [0.25, 0.3) is 0 Å². The van der Waals surface area contributed by atoms with Crippen LogP contribution in [0.15, 0.2) is 48.5 Å². The van der Waals surface area contributed by atoms with Gasteiger partial charge in [0.15, 0.2) is 0 Å². The molecule has 0 aromatic heterocycles. The van der Waals surface area contributed by atoms with Crippen molar-refractivity contribution in [1.29, 1.82) is 0 Å². The number of benzene rings is 2. The zero-order valence-electron chi connectivity index (χ0n) is 17.9. The van der Waals surface area contributed by atoms with Crippen LogP contribution in [-0.4, -0.2) is 45.4 Å². The molecular weight excluding hydrogens is 382 g/mol. The lowest BCUT2D eigenvalue weighted by atomic mass is 10.1. The van der Waals surface area contributed by atoms with E-state index in [0.29, 0.717) is 23.5 Å². The lowest BCUT2D eigenvalue weighted by Gasteiger charge is -2.23. The van der Waals surface area contributed by atoms with Gasteiger partial charge in [0.1, 0.15) is 6.61 Å². The summed E-state index contributed by atoms with van der Waals surface area (Å²) < 4.78 is 9.81. The van der Waals surface area contributed by atoms with Gasteiger partial charge in [-0.25, -0.2) is 4.79 Å². The molecule has 0 fully saturated rings. The predicted octanol–water partition coefficient (Wildman–Crippen LogP) is 4.76. The van der Waals surface area contributed by atoms with Gasteiger partial charge in [-0.15, -0.1) is 0 Å². The van der Waals surface area contributed by atoms with Crippen LogP contribution in [0.5, 0.6) is 0 Å². The Kier molecular flexibility index (Phi) is 9.67. The predicted molar refractivity (Wildman–Crippen MR) is 120 cm³/mol. The number of amides is 2. The van der Waals surface area contributed by atoms with Crippen molar-refractivity contribution in [1.82, 2.24) is 0 Å². The first-order chi connectivity index (χ1) is 14.6. The first kappa shape index (κ1) is 23.2. The summed E-state index contributed by atoms with van der Waals surface area (Å²) in [6.45, 7) is 6.74. The molecule has 0 bridgehead atoms. The molecule has 7 nitrogen and oxygen atoms in total. The fraction of sp³-hybridized carbons (Fsp3) is 0.391. The minimum atomic E-state index is -0.574. The number of nitrogens with one attached hydrogen (secondary N) is 2. The Balaban J connectivity index is 1.96. The molecule has 162 valence electrons. The summed E-state index contributed by atoms with van der Waals surface area (Å²) in [5.74, 6) is -0.210. The highest BCUT2D eigenvalue weighted by molar-refractivity contribution is 6.04. The van der Waals surface area contributed by atoms with Crippen LogP contribution in [-0.2, 0) is 9.47 Å². The third-order valence-electron chi connectivity index (χ3n) is 4.55. The van der Waals surface area contributed by atoms with Crippen molar-refractivity contribution in [2.24, 2.45) is 0 Å². The molecule has 30 heavy (non-hydrogen) atoms. The fourth-order valence-electron chi connectivity index (χ4n) is 2.89. The quantitative estimate of drug-likeness (QED) is 0.519. The van der Waals surface area contributed by atoms with Gasteiger partial charge < -0.3 is 19.7 Å². The number of rotatable bonds is 11. The smallest absolute Gasteiger partial charge is 0.411 e. The number of ether oxygens (including phenoxy) is 2. The molecule has 0 saturated heterocycles. The van der Waals surface area contributed by atoms with Gasteiger partial charge in [-0.2, -0.15) is 0 Å². The molecule has 0 heterocycles. The van der Waals surface area contributed by atoms with Gasteiger partial charge >= 0.3 is 6.09 Å². The summed E-state index contributed by atoms with van der Waals surface area (Å²) in [7, 11) is 1.53. The molecule has 0 unspecified atom stereocenters. The zero-order valence-corrected chi connectivity index (χ0v) is 17.9. The summed E-state index contributed by atoms with van der Waals surface area (Å²) in [4.78, 5) is 26.6. The van der Waals surface area contributed by atoms with Gasteiger partial charge in [0, 0.05) is 42.8 Å². The minimum absolute atomic E-state index is 0.169. The molecule has 2 N–H and O–H groups in total. The van der Waals surface area contributed by atoms with E-state index in [4.69, 9.17) is 9.47 Å². The molecule has 7 heteroatoms. The number of carbonyl (C=O) groups is 2. The maximum Gasteiger partial charge on any atom is 0.411 e. The molecule has 2 aromatic rings. The molecule has 0 radical (unpaired) electrons. The van der Waals surface area contributed by atoms with Crippen LogP contribution < -0.4 is 15.5 Å². The second-order valence-electron chi connectivity index (χ2n) is 6.77. The summed E-state index contributed by atoms with van der Waals surface area (Å²) >= 11 is 0. The van der Waals surface area contributed by atoms with Crippen LogP contribution in [0.2, 0.25) is 0 Å².